The lowest BCUT2D eigenvalue weighted by Gasteiger charge is -2.31. The summed E-state index contributed by atoms with van der Waals surface area (Å²) in [5, 5.41) is 1.01. The van der Waals surface area contributed by atoms with E-state index in [1.54, 1.807) is 0 Å². The lowest BCUT2D eigenvalue weighted by molar-refractivity contribution is 0.0674. The minimum Gasteiger partial charge on any atom is -0.451 e. The molecule has 3 heterocycles. The second kappa shape index (κ2) is 6.51. The van der Waals surface area contributed by atoms with Crippen molar-refractivity contribution >= 4 is 27.9 Å². The van der Waals surface area contributed by atoms with Gasteiger partial charge >= 0.3 is 0 Å². The molecule has 0 radical (unpaired) electrons. The van der Waals surface area contributed by atoms with E-state index in [9.17, 15) is 4.79 Å². The average Bonchev–Trinajstić information content (AvgIpc) is 3.28. The third-order valence-corrected chi connectivity index (χ3v) is 5.79. The van der Waals surface area contributed by atoms with Crippen LogP contribution in [0.5, 0.6) is 0 Å². The second-order valence-corrected chi connectivity index (χ2v) is 7.79. The van der Waals surface area contributed by atoms with Crippen LogP contribution in [0.3, 0.4) is 0 Å². The van der Waals surface area contributed by atoms with E-state index in [2.05, 4.69) is 11.1 Å². The molecule has 0 bridgehead atoms. The van der Waals surface area contributed by atoms with Gasteiger partial charge in [-0.15, -0.1) is 0 Å². The Labute approximate surface area is 163 Å². The van der Waals surface area contributed by atoms with E-state index in [1.807, 2.05) is 55.1 Å². The topological polar surface area (TPSA) is 62.1 Å². The maximum atomic E-state index is 13.2. The molecule has 1 atom stereocenters. The lowest BCUT2D eigenvalue weighted by Crippen LogP contribution is -2.39. The van der Waals surface area contributed by atoms with Gasteiger partial charge < -0.3 is 14.3 Å². The fraction of sp³-hybridized carbons (Fsp3) is 0.304. The Balaban J connectivity index is 1.43. The van der Waals surface area contributed by atoms with Crippen molar-refractivity contribution in [1.29, 1.82) is 0 Å². The normalized spacial score (nSPS) is 17.5. The van der Waals surface area contributed by atoms with Crippen LogP contribution >= 0.6 is 0 Å². The van der Waals surface area contributed by atoms with E-state index < -0.39 is 0 Å². The molecule has 5 rings (SSSR count). The first kappa shape index (κ1) is 17.0. The Hall–Kier alpha value is -3.08. The zero-order chi connectivity index (χ0) is 19.3. The third kappa shape index (κ3) is 2.78. The van der Waals surface area contributed by atoms with Gasteiger partial charge in [0.1, 0.15) is 11.4 Å². The predicted molar refractivity (Wildman–Crippen MR) is 110 cm³/mol. The number of fused-ring (bicyclic) bond motifs is 2. The van der Waals surface area contributed by atoms with Crippen molar-refractivity contribution < 1.29 is 9.21 Å². The van der Waals surface area contributed by atoms with Crippen molar-refractivity contribution in [2.45, 2.75) is 32.6 Å². The fourth-order valence-corrected chi connectivity index (χ4v) is 4.23. The molecule has 2 aromatic carbocycles. The highest BCUT2D eigenvalue weighted by Crippen LogP contribution is 2.31. The summed E-state index contributed by atoms with van der Waals surface area (Å²) in [5.74, 6) is 1.63. The van der Waals surface area contributed by atoms with E-state index in [4.69, 9.17) is 9.40 Å². The molecule has 1 unspecified atom stereocenters. The molecule has 5 nitrogen and oxygen atoms in total. The number of rotatable bonds is 2. The molecule has 0 saturated carbocycles. The summed E-state index contributed by atoms with van der Waals surface area (Å²) in [6.45, 7) is 5.41. The minimum absolute atomic E-state index is 0.0211. The number of hydrogen-bond acceptors (Lipinski definition) is 3. The number of imidazole rings is 1. The van der Waals surface area contributed by atoms with Crippen molar-refractivity contribution in [2.24, 2.45) is 0 Å². The first-order chi connectivity index (χ1) is 13.6. The van der Waals surface area contributed by atoms with E-state index in [-0.39, 0.29) is 11.8 Å². The van der Waals surface area contributed by atoms with E-state index in [0.717, 1.165) is 58.3 Å². The van der Waals surface area contributed by atoms with Gasteiger partial charge in [0.2, 0.25) is 0 Å². The van der Waals surface area contributed by atoms with Crippen molar-refractivity contribution in [1.82, 2.24) is 14.9 Å². The minimum atomic E-state index is -0.0211. The lowest BCUT2D eigenvalue weighted by atomic mass is 9.97. The number of aryl methyl sites for hydroxylation is 2. The van der Waals surface area contributed by atoms with Gasteiger partial charge in [-0.2, -0.15) is 0 Å². The van der Waals surface area contributed by atoms with Gasteiger partial charge in [-0.05, 0) is 50.5 Å². The monoisotopic (exact) mass is 373 g/mol. The molecule has 28 heavy (non-hydrogen) atoms. The zero-order valence-corrected chi connectivity index (χ0v) is 16.2. The van der Waals surface area contributed by atoms with Crippen LogP contribution in [-0.2, 0) is 0 Å². The third-order valence-electron chi connectivity index (χ3n) is 5.79. The largest absolute Gasteiger partial charge is 0.451 e. The number of carbonyl (C=O) groups excluding carboxylic acids is 1. The van der Waals surface area contributed by atoms with Gasteiger partial charge in [0.25, 0.3) is 5.91 Å². The summed E-state index contributed by atoms with van der Waals surface area (Å²) in [6.07, 6.45) is 1.99. The fourth-order valence-electron chi connectivity index (χ4n) is 4.23. The maximum absolute atomic E-state index is 13.2. The number of nitrogens with zero attached hydrogens (tertiary/aromatic N) is 2. The Morgan fingerprint density at radius 3 is 2.93 bits per heavy atom. The van der Waals surface area contributed by atoms with Crippen LogP contribution in [-0.4, -0.2) is 33.9 Å². The number of amides is 1. The van der Waals surface area contributed by atoms with Crippen LogP contribution in [0, 0.1) is 13.8 Å². The number of benzene rings is 2. The van der Waals surface area contributed by atoms with Gasteiger partial charge in [-0.3, -0.25) is 4.79 Å². The number of furan rings is 1. The predicted octanol–water partition coefficient (Wildman–Crippen LogP) is 4.95. The van der Waals surface area contributed by atoms with Crippen LogP contribution in [0.4, 0.5) is 0 Å². The Morgan fingerprint density at radius 2 is 2.07 bits per heavy atom. The first-order valence-electron chi connectivity index (χ1n) is 9.84. The highest BCUT2D eigenvalue weighted by Gasteiger charge is 2.30. The van der Waals surface area contributed by atoms with Crippen molar-refractivity contribution in [3.63, 3.8) is 0 Å². The second-order valence-electron chi connectivity index (χ2n) is 7.79. The summed E-state index contributed by atoms with van der Waals surface area (Å²) >= 11 is 0. The van der Waals surface area contributed by atoms with Crippen LogP contribution in [0.1, 0.15) is 46.3 Å². The Bertz CT molecular complexity index is 1150. The van der Waals surface area contributed by atoms with Crippen LogP contribution < -0.4 is 0 Å². The van der Waals surface area contributed by atoms with Crippen molar-refractivity contribution in [2.75, 3.05) is 13.1 Å². The zero-order valence-electron chi connectivity index (χ0n) is 16.2. The molecular formula is C23H23N3O2. The number of likely N-dealkylation sites (tertiary alicyclic amines) is 1. The molecular weight excluding hydrogens is 350 g/mol. The summed E-state index contributed by atoms with van der Waals surface area (Å²) in [5.41, 5.74) is 4.86. The quantitative estimate of drug-likeness (QED) is 0.541. The van der Waals surface area contributed by atoms with Crippen molar-refractivity contribution in [3.8, 4) is 0 Å². The number of aromatic nitrogens is 2. The molecule has 1 fully saturated rings. The highest BCUT2D eigenvalue weighted by molar-refractivity contribution is 5.99. The van der Waals surface area contributed by atoms with Crippen molar-refractivity contribution in [3.05, 3.63) is 65.2 Å². The number of hydrogen-bond donors (Lipinski definition) is 1. The first-order valence-corrected chi connectivity index (χ1v) is 9.84. The van der Waals surface area contributed by atoms with Crippen LogP contribution in [0.2, 0.25) is 0 Å². The number of piperidine rings is 1. The van der Waals surface area contributed by atoms with Gasteiger partial charge in [0.15, 0.2) is 5.76 Å². The molecule has 1 aliphatic rings. The number of H-pyrrole nitrogens is 1. The molecule has 2 aromatic heterocycles. The molecule has 1 aliphatic heterocycles. The number of para-hydroxylation sites is 2. The van der Waals surface area contributed by atoms with Gasteiger partial charge in [0.05, 0.1) is 11.0 Å². The summed E-state index contributed by atoms with van der Waals surface area (Å²) in [7, 11) is 0. The maximum Gasteiger partial charge on any atom is 0.289 e. The molecule has 0 spiro atoms. The SMILES string of the molecule is Cc1ccc2c(C)c(C(=O)N3CCCC(c4nc5ccccc5[nH]4)C3)oc2c1. The highest BCUT2D eigenvalue weighted by atomic mass is 16.3. The summed E-state index contributed by atoms with van der Waals surface area (Å²) in [6, 6.07) is 14.1. The van der Waals surface area contributed by atoms with Gasteiger partial charge in [-0.1, -0.05) is 24.3 Å². The molecule has 142 valence electrons. The molecule has 4 aromatic rings. The molecule has 1 amide bonds. The van der Waals surface area contributed by atoms with Gasteiger partial charge in [0, 0.05) is 30.0 Å². The van der Waals surface area contributed by atoms with Crippen LogP contribution in [0.25, 0.3) is 22.0 Å². The number of carbonyl (C=O) groups is 1. The molecule has 0 aliphatic carbocycles. The molecule has 1 saturated heterocycles. The molecule has 1 N–H and O–H groups in total. The summed E-state index contributed by atoms with van der Waals surface area (Å²) < 4.78 is 5.97. The van der Waals surface area contributed by atoms with E-state index >= 15 is 0 Å². The van der Waals surface area contributed by atoms with E-state index in [0.29, 0.717) is 12.3 Å². The van der Waals surface area contributed by atoms with E-state index in [1.165, 1.54) is 0 Å². The van der Waals surface area contributed by atoms with Crippen LogP contribution in [0.15, 0.2) is 46.9 Å². The number of nitrogens with one attached hydrogen (secondary N) is 1. The Kier molecular flexibility index (Phi) is 3.97. The summed E-state index contributed by atoms with van der Waals surface area (Å²) in [4.78, 5) is 23.3. The Morgan fingerprint density at radius 1 is 1.21 bits per heavy atom. The standard InChI is InChI=1S/C23H23N3O2/c1-14-9-10-17-15(2)21(28-20(17)12-14)23(27)26-11-5-6-16(13-26)22-24-18-7-3-4-8-19(18)25-22/h3-4,7-10,12,16H,5-6,11,13H2,1-2H3,(H,24,25). The smallest absolute Gasteiger partial charge is 0.289 e. The number of aromatic amines is 1. The van der Waals surface area contributed by atoms with Gasteiger partial charge in [-0.25, -0.2) is 4.98 Å². The molecule has 5 heteroatoms. The average molecular weight is 373 g/mol.